The topological polar surface area (TPSA) is 24.7 Å². The summed E-state index contributed by atoms with van der Waals surface area (Å²) in [5, 5.41) is 0. The molecule has 0 saturated carbocycles. The predicted octanol–water partition coefficient (Wildman–Crippen LogP) is 7.15. The van der Waals surface area contributed by atoms with E-state index in [0.29, 0.717) is 0 Å². The van der Waals surface area contributed by atoms with Crippen molar-refractivity contribution in [2.45, 2.75) is 40.5 Å². The van der Waals surface area contributed by atoms with E-state index in [0.717, 1.165) is 35.6 Å². The number of benzene rings is 2. The van der Waals surface area contributed by atoms with Crippen molar-refractivity contribution in [2.24, 2.45) is 9.98 Å². The van der Waals surface area contributed by atoms with Gasteiger partial charge in [0.05, 0.1) is 22.8 Å². The van der Waals surface area contributed by atoms with E-state index >= 15 is 0 Å². The molecule has 138 valence electrons. The van der Waals surface area contributed by atoms with Gasteiger partial charge in [0.1, 0.15) is 0 Å². The van der Waals surface area contributed by atoms with Gasteiger partial charge < -0.3 is 0 Å². The molecule has 2 aromatic carbocycles. The Morgan fingerprint density at radius 3 is 1.56 bits per heavy atom. The predicted molar refractivity (Wildman–Crippen MR) is 120 cm³/mol. The van der Waals surface area contributed by atoms with Gasteiger partial charge in [-0.05, 0) is 74.2 Å². The molecule has 3 aromatic rings. The van der Waals surface area contributed by atoms with Crippen LogP contribution >= 0.6 is 11.3 Å². The van der Waals surface area contributed by atoms with E-state index in [1.165, 1.54) is 20.9 Å². The van der Waals surface area contributed by atoms with Crippen molar-refractivity contribution < 1.29 is 0 Å². The molecular weight excluding hydrogens is 348 g/mol. The normalized spacial score (nSPS) is 12.4. The molecule has 0 N–H and O–H groups in total. The van der Waals surface area contributed by atoms with Gasteiger partial charge in [-0.15, -0.1) is 11.3 Å². The monoisotopic (exact) mass is 374 g/mol. The highest BCUT2D eigenvalue weighted by Gasteiger charge is 2.07. The summed E-state index contributed by atoms with van der Waals surface area (Å²) in [5.74, 6) is 0. The second-order valence-corrected chi connectivity index (χ2v) is 7.69. The molecule has 1 heterocycles. The molecule has 0 spiro atoms. The summed E-state index contributed by atoms with van der Waals surface area (Å²) in [6, 6.07) is 21.2. The molecule has 0 radical (unpaired) electrons. The summed E-state index contributed by atoms with van der Waals surface area (Å²) in [6.45, 7) is 8.48. The van der Waals surface area contributed by atoms with Gasteiger partial charge in [0.2, 0.25) is 0 Å². The standard InChI is InChI=1S/C24H26N2S/c1-5-19-9-7-11-21(15-19)25-17(3)23-13-14-24(27-23)18(4)26-22-12-8-10-20(6-2)16-22/h7-16H,5-6H2,1-4H3. The second kappa shape index (κ2) is 8.92. The van der Waals surface area contributed by atoms with Crippen LogP contribution in [0.4, 0.5) is 11.4 Å². The van der Waals surface area contributed by atoms with Crippen LogP contribution in [0.15, 0.2) is 70.6 Å². The van der Waals surface area contributed by atoms with E-state index in [-0.39, 0.29) is 0 Å². The van der Waals surface area contributed by atoms with E-state index in [2.05, 4.69) is 88.4 Å². The fourth-order valence-corrected chi connectivity index (χ4v) is 3.81. The zero-order valence-electron chi connectivity index (χ0n) is 16.5. The lowest BCUT2D eigenvalue weighted by molar-refractivity contribution is 1.14. The zero-order valence-corrected chi connectivity index (χ0v) is 17.3. The Morgan fingerprint density at radius 1 is 0.704 bits per heavy atom. The van der Waals surface area contributed by atoms with Gasteiger partial charge in [-0.2, -0.15) is 0 Å². The van der Waals surface area contributed by atoms with Gasteiger partial charge >= 0.3 is 0 Å². The highest BCUT2D eigenvalue weighted by atomic mass is 32.1. The minimum atomic E-state index is 1.02. The van der Waals surface area contributed by atoms with Crippen LogP contribution in [0.2, 0.25) is 0 Å². The first-order chi connectivity index (χ1) is 13.1. The Labute approximate surface area is 166 Å². The third-order valence-electron chi connectivity index (χ3n) is 4.55. The van der Waals surface area contributed by atoms with Crippen LogP contribution in [0.3, 0.4) is 0 Å². The Balaban J connectivity index is 1.82. The number of aryl methyl sites for hydroxylation is 2. The van der Waals surface area contributed by atoms with Crippen LogP contribution < -0.4 is 0 Å². The lowest BCUT2D eigenvalue weighted by Gasteiger charge is -2.02. The third kappa shape index (κ3) is 5.01. The number of hydrogen-bond acceptors (Lipinski definition) is 3. The first-order valence-corrected chi connectivity index (χ1v) is 10.3. The Morgan fingerprint density at radius 2 is 1.15 bits per heavy atom. The molecule has 27 heavy (non-hydrogen) atoms. The molecule has 0 aliphatic rings. The molecule has 0 atom stereocenters. The highest BCUT2D eigenvalue weighted by molar-refractivity contribution is 7.16. The quantitative estimate of drug-likeness (QED) is 0.409. The maximum absolute atomic E-state index is 4.80. The number of hydrogen-bond donors (Lipinski definition) is 0. The summed E-state index contributed by atoms with van der Waals surface area (Å²) in [5.41, 5.74) is 6.74. The molecule has 0 unspecified atom stereocenters. The average molecular weight is 375 g/mol. The van der Waals surface area contributed by atoms with Gasteiger partial charge in [0.15, 0.2) is 0 Å². The second-order valence-electron chi connectivity index (χ2n) is 6.61. The largest absolute Gasteiger partial charge is 0.252 e. The summed E-state index contributed by atoms with van der Waals surface area (Å²) in [7, 11) is 0. The van der Waals surface area contributed by atoms with E-state index < -0.39 is 0 Å². The lowest BCUT2D eigenvalue weighted by atomic mass is 10.1. The molecule has 0 fully saturated rings. The lowest BCUT2D eigenvalue weighted by Crippen LogP contribution is -1.91. The summed E-state index contributed by atoms with van der Waals surface area (Å²) >= 11 is 1.75. The molecule has 3 heteroatoms. The van der Waals surface area contributed by atoms with Crippen LogP contribution in [0.5, 0.6) is 0 Å². The minimum Gasteiger partial charge on any atom is -0.252 e. The molecule has 0 bridgehead atoms. The van der Waals surface area contributed by atoms with Gasteiger partial charge in [0, 0.05) is 9.75 Å². The Hall–Kier alpha value is -2.52. The zero-order chi connectivity index (χ0) is 19.2. The number of thiophene rings is 1. The SMILES string of the molecule is CCc1cccc(N=C(C)c2ccc(C(C)=Nc3cccc(CC)c3)s2)c1. The molecule has 1 aromatic heterocycles. The van der Waals surface area contributed by atoms with Gasteiger partial charge in [-0.25, -0.2) is 0 Å². The van der Waals surface area contributed by atoms with E-state index in [4.69, 9.17) is 9.98 Å². The summed E-state index contributed by atoms with van der Waals surface area (Å²) in [4.78, 5) is 12.0. The maximum Gasteiger partial charge on any atom is 0.0636 e. The molecule has 0 amide bonds. The number of aliphatic imine (C=N–C) groups is 2. The van der Waals surface area contributed by atoms with Gasteiger partial charge in [-0.3, -0.25) is 9.98 Å². The van der Waals surface area contributed by atoms with Crippen molar-refractivity contribution >= 4 is 34.1 Å². The molecule has 0 aliphatic heterocycles. The molecule has 2 nitrogen and oxygen atoms in total. The Bertz CT molecular complexity index is 901. The van der Waals surface area contributed by atoms with Crippen molar-refractivity contribution in [3.05, 3.63) is 81.5 Å². The molecular formula is C24H26N2S. The van der Waals surface area contributed by atoms with E-state index in [1.54, 1.807) is 11.3 Å². The fourth-order valence-electron chi connectivity index (χ4n) is 2.92. The van der Waals surface area contributed by atoms with Crippen LogP contribution in [-0.4, -0.2) is 11.4 Å². The molecule has 0 saturated heterocycles. The van der Waals surface area contributed by atoms with E-state index in [1.807, 2.05) is 0 Å². The maximum atomic E-state index is 4.80. The third-order valence-corrected chi connectivity index (χ3v) is 5.85. The minimum absolute atomic E-state index is 1.02. The van der Waals surface area contributed by atoms with Crippen molar-refractivity contribution in [3.63, 3.8) is 0 Å². The molecule has 3 rings (SSSR count). The van der Waals surface area contributed by atoms with Crippen LogP contribution in [0.25, 0.3) is 0 Å². The summed E-state index contributed by atoms with van der Waals surface area (Å²) < 4.78 is 0. The summed E-state index contributed by atoms with van der Waals surface area (Å²) in [6.07, 6.45) is 2.06. The van der Waals surface area contributed by atoms with Crippen LogP contribution in [0.1, 0.15) is 48.6 Å². The van der Waals surface area contributed by atoms with Crippen molar-refractivity contribution in [1.29, 1.82) is 0 Å². The average Bonchev–Trinajstić information content (AvgIpc) is 3.19. The van der Waals surface area contributed by atoms with Gasteiger partial charge in [0.25, 0.3) is 0 Å². The highest BCUT2D eigenvalue weighted by Crippen LogP contribution is 2.23. The van der Waals surface area contributed by atoms with Crippen molar-refractivity contribution in [1.82, 2.24) is 0 Å². The first kappa shape index (κ1) is 19.2. The van der Waals surface area contributed by atoms with Crippen LogP contribution in [0, 0.1) is 0 Å². The van der Waals surface area contributed by atoms with E-state index in [9.17, 15) is 0 Å². The van der Waals surface area contributed by atoms with Crippen LogP contribution in [-0.2, 0) is 12.8 Å². The van der Waals surface area contributed by atoms with Gasteiger partial charge in [-0.1, -0.05) is 38.1 Å². The molecule has 0 aliphatic carbocycles. The Kier molecular flexibility index (Phi) is 6.36. The fraction of sp³-hybridized carbons (Fsp3) is 0.250. The first-order valence-electron chi connectivity index (χ1n) is 9.48. The smallest absolute Gasteiger partial charge is 0.0636 e. The number of nitrogens with zero attached hydrogens (tertiary/aromatic N) is 2. The van der Waals surface area contributed by atoms with Crippen molar-refractivity contribution in [2.75, 3.05) is 0 Å². The number of rotatable bonds is 6. The van der Waals surface area contributed by atoms with Crippen molar-refractivity contribution in [3.8, 4) is 0 Å².